The Morgan fingerprint density at radius 3 is 2.63 bits per heavy atom. The van der Waals surface area contributed by atoms with E-state index < -0.39 is 0 Å². The Labute approximate surface area is 175 Å². The van der Waals surface area contributed by atoms with Crippen LogP contribution < -0.4 is 14.8 Å². The Bertz CT molecular complexity index is 982. The molecule has 1 amide bonds. The molecule has 0 spiro atoms. The number of nitrogens with one attached hydrogen (secondary N) is 1. The van der Waals surface area contributed by atoms with Gasteiger partial charge in [0.25, 0.3) is 0 Å². The molecule has 2 aromatic carbocycles. The van der Waals surface area contributed by atoms with Crippen molar-refractivity contribution < 1.29 is 14.3 Å². The highest BCUT2D eigenvalue weighted by atomic mass is 16.5. The van der Waals surface area contributed by atoms with E-state index in [1.54, 1.807) is 0 Å². The molecule has 0 bridgehead atoms. The zero-order valence-corrected chi connectivity index (χ0v) is 17.0. The topological polar surface area (TPSA) is 91.2 Å². The number of nitrogens with zero attached hydrogens (tertiary/aromatic N) is 4. The molecular formula is C22H25N5O3. The van der Waals surface area contributed by atoms with Crippen molar-refractivity contribution in [1.29, 1.82) is 0 Å². The third-order valence-corrected chi connectivity index (χ3v) is 4.74. The Hall–Kier alpha value is -3.42. The number of carbonyl (C=O) groups excluding carboxylic acids is 1. The first-order chi connectivity index (χ1) is 14.7. The molecule has 1 aliphatic carbocycles. The molecule has 0 unspecified atom stereocenters. The van der Waals surface area contributed by atoms with Crippen LogP contribution in [0.5, 0.6) is 11.5 Å². The Kier molecular flexibility index (Phi) is 6.22. The van der Waals surface area contributed by atoms with Gasteiger partial charge >= 0.3 is 0 Å². The van der Waals surface area contributed by atoms with Crippen molar-refractivity contribution in [3.05, 3.63) is 48.5 Å². The molecule has 1 aromatic heterocycles. The summed E-state index contributed by atoms with van der Waals surface area (Å²) in [5.74, 6) is 2.26. The average molecular weight is 407 g/mol. The normalized spacial score (nSPS) is 13.1. The molecule has 0 radical (unpaired) electrons. The summed E-state index contributed by atoms with van der Waals surface area (Å²) in [4.78, 5) is 12.3. The second-order valence-corrected chi connectivity index (χ2v) is 7.16. The maximum Gasteiger partial charge on any atom is 0.224 e. The lowest BCUT2D eigenvalue weighted by Crippen LogP contribution is -2.13. The number of ether oxygens (including phenoxy) is 2. The summed E-state index contributed by atoms with van der Waals surface area (Å²) >= 11 is 0. The van der Waals surface area contributed by atoms with Gasteiger partial charge in [0.2, 0.25) is 5.91 Å². The minimum absolute atomic E-state index is 0.0516. The van der Waals surface area contributed by atoms with Crippen molar-refractivity contribution in [3.8, 4) is 22.9 Å². The molecule has 8 heteroatoms. The number of hydrogen-bond donors (Lipinski definition) is 1. The summed E-state index contributed by atoms with van der Waals surface area (Å²) in [6, 6.07) is 15.5. The molecule has 0 saturated heterocycles. The predicted molar refractivity (Wildman–Crippen MR) is 112 cm³/mol. The monoisotopic (exact) mass is 407 g/mol. The fourth-order valence-electron chi connectivity index (χ4n) is 3.13. The van der Waals surface area contributed by atoms with Crippen molar-refractivity contribution in [2.45, 2.75) is 38.6 Å². The molecular weight excluding hydrogens is 382 g/mol. The van der Waals surface area contributed by atoms with Gasteiger partial charge in [0, 0.05) is 17.7 Å². The standard InChI is InChI=1S/C22H25N5O3/c1-2-29-19-10-12-20(13-11-19)30-14-4-7-21(28)23-17-6-3-5-16(15-17)22-24-25-26-27(22)18-8-9-18/h3,5-6,10-13,15,18H,2,4,7-9,14H2,1H3,(H,23,28). The van der Waals surface area contributed by atoms with Gasteiger partial charge in [-0.3, -0.25) is 4.79 Å². The summed E-state index contributed by atoms with van der Waals surface area (Å²) in [7, 11) is 0. The Morgan fingerprint density at radius 1 is 1.13 bits per heavy atom. The molecule has 1 aliphatic rings. The van der Waals surface area contributed by atoms with E-state index in [-0.39, 0.29) is 5.91 Å². The highest BCUT2D eigenvalue weighted by molar-refractivity contribution is 5.91. The molecule has 4 rings (SSSR count). The van der Waals surface area contributed by atoms with E-state index in [4.69, 9.17) is 9.47 Å². The van der Waals surface area contributed by atoms with E-state index in [1.165, 1.54) is 0 Å². The zero-order valence-electron chi connectivity index (χ0n) is 17.0. The minimum Gasteiger partial charge on any atom is -0.494 e. The van der Waals surface area contributed by atoms with Gasteiger partial charge in [-0.1, -0.05) is 12.1 Å². The Balaban J connectivity index is 1.24. The van der Waals surface area contributed by atoms with Crippen LogP contribution >= 0.6 is 0 Å². The van der Waals surface area contributed by atoms with Gasteiger partial charge in [-0.25, -0.2) is 4.68 Å². The predicted octanol–water partition coefficient (Wildman–Crippen LogP) is 3.87. The van der Waals surface area contributed by atoms with Gasteiger partial charge in [-0.05, 0) is 73.0 Å². The second-order valence-electron chi connectivity index (χ2n) is 7.16. The maximum absolute atomic E-state index is 12.3. The Morgan fingerprint density at radius 2 is 1.90 bits per heavy atom. The van der Waals surface area contributed by atoms with E-state index in [0.29, 0.717) is 32.1 Å². The van der Waals surface area contributed by atoms with Crippen LogP contribution in [0.3, 0.4) is 0 Å². The van der Waals surface area contributed by atoms with Crippen LogP contribution in [-0.4, -0.2) is 39.3 Å². The van der Waals surface area contributed by atoms with Gasteiger partial charge in [-0.2, -0.15) is 0 Å². The minimum atomic E-state index is -0.0516. The van der Waals surface area contributed by atoms with Crippen LogP contribution in [0.25, 0.3) is 11.4 Å². The van der Waals surface area contributed by atoms with Crippen LogP contribution in [0.2, 0.25) is 0 Å². The smallest absolute Gasteiger partial charge is 0.224 e. The number of carbonyl (C=O) groups is 1. The molecule has 1 heterocycles. The van der Waals surface area contributed by atoms with Crippen molar-refractivity contribution in [3.63, 3.8) is 0 Å². The van der Waals surface area contributed by atoms with Crippen LogP contribution in [0, 0.1) is 0 Å². The summed E-state index contributed by atoms with van der Waals surface area (Å²) in [6.45, 7) is 3.05. The fourth-order valence-corrected chi connectivity index (χ4v) is 3.13. The number of benzene rings is 2. The molecule has 30 heavy (non-hydrogen) atoms. The van der Waals surface area contributed by atoms with Gasteiger partial charge < -0.3 is 14.8 Å². The third kappa shape index (κ3) is 5.14. The second kappa shape index (κ2) is 9.39. The number of aromatic nitrogens is 4. The number of anilines is 1. The SMILES string of the molecule is CCOc1ccc(OCCCC(=O)Nc2cccc(-c3nnnn3C3CC3)c2)cc1. The van der Waals surface area contributed by atoms with Gasteiger partial charge in [0.1, 0.15) is 11.5 Å². The largest absolute Gasteiger partial charge is 0.494 e. The average Bonchev–Trinajstić information content (AvgIpc) is 3.49. The molecule has 1 fully saturated rings. The van der Waals surface area contributed by atoms with Crippen molar-refractivity contribution in [2.75, 3.05) is 18.5 Å². The van der Waals surface area contributed by atoms with Gasteiger partial charge in [-0.15, -0.1) is 5.10 Å². The number of rotatable bonds is 10. The van der Waals surface area contributed by atoms with Gasteiger partial charge in [0.15, 0.2) is 5.82 Å². The number of tetrazole rings is 1. The fraction of sp³-hybridized carbons (Fsp3) is 0.364. The van der Waals surface area contributed by atoms with Crippen molar-refractivity contribution >= 4 is 11.6 Å². The number of amides is 1. The molecule has 3 aromatic rings. The van der Waals surface area contributed by atoms with E-state index in [9.17, 15) is 4.79 Å². The van der Waals surface area contributed by atoms with Crippen LogP contribution in [-0.2, 0) is 4.79 Å². The van der Waals surface area contributed by atoms with Crippen LogP contribution in [0.1, 0.15) is 38.6 Å². The van der Waals surface area contributed by atoms with E-state index in [2.05, 4.69) is 20.8 Å². The first-order valence-corrected chi connectivity index (χ1v) is 10.3. The molecule has 1 saturated carbocycles. The summed E-state index contributed by atoms with van der Waals surface area (Å²) < 4.78 is 13.0. The summed E-state index contributed by atoms with van der Waals surface area (Å²) in [5.41, 5.74) is 1.62. The molecule has 0 aliphatic heterocycles. The van der Waals surface area contributed by atoms with Crippen molar-refractivity contribution in [1.82, 2.24) is 20.2 Å². The number of hydrogen-bond acceptors (Lipinski definition) is 6. The van der Waals surface area contributed by atoms with E-state index in [1.807, 2.05) is 60.1 Å². The van der Waals surface area contributed by atoms with Crippen LogP contribution in [0.4, 0.5) is 5.69 Å². The van der Waals surface area contributed by atoms with Crippen molar-refractivity contribution in [2.24, 2.45) is 0 Å². The lowest BCUT2D eigenvalue weighted by Gasteiger charge is -2.09. The third-order valence-electron chi connectivity index (χ3n) is 4.74. The van der Waals surface area contributed by atoms with Gasteiger partial charge in [0.05, 0.1) is 19.3 Å². The molecule has 8 nitrogen and oxygen atoms in total. The maximum atomic E-state index is 12.3. The lowest BCUT2D eigenvalue weighted by molar-refractivity contribution is -0.116. The first kappa shape index (κ1) is 19.9. The molecule has 1 N–H and O–H groups in total. The highest BCUT2D eigenvalue weighted by Crippen LogP contribution is 2.36. The van der Waals surface area contributed by atoms with E-state index in [0.717, 1.165) is 41.4 Å². The quantitative estimate of drug-likeness (QED) is 0.513. The highest BCUT2D eigenvalue weighted by Gasteiger charge is 2.28. The lowest BCUT2D eigenvalue weighted by atomic mass is 10.2. The molecule has 156 valence electrons. The molecule has 0 atom stereocenters. The van der Waals surface area contributed by atoms with E-state index >= 15 is 0 Å². The van der Waals surface area contributed by atoms with Crippen LogP contribution in [0.15, 0.2) is 48.5 Å². The summed E-state index contributed by atoms with van der Waals surface area (Å²) in [5, 5.41) is 15.0. The summed E-state index contributed by atoms with van der Waals surface area (Å²) in [6.07, 6.45) is 3.21. The zero-order chi connectivity index (χ0) is 20.8. The first-order valence-electron chi connectivity index (χ1n) is 10.3.